The van der Waals surface area contributed by atoms with E-state index in [1.165, 1.54) is 12.1 Å². The molecule has 0 atom stereocenters. The summed E-state index contributed by atoms with van der Waals surface area (Å²) in [5.41, 5.74) is -1.02. The van der Waals surface area contributed by atoms with Crippen molar-refractivity contribution in [2.24, 2.45) is 0 Å². The highest BCUT2D eigenvalue weighted by Gasteiger charge is 2.15. The number of hydrogen-bond donors (Lipinski definition) is 2. The van der Waals surface area contributed by atoms with Crippen molar-refractivity contribution < 1.29 is 9.18 Å². The molecule has 0 saturated carbocycles. The second kappa shape index (κ2) is 7.92. The van der Waals surface area contributed by atoms with Crippen molar-refractivity contribution in [1.82, 2.24) is 25.1 Å². The summed E-state index contributed by atoms with van der Waals surface area (Å²) in [4.78, 5) is 39.9. The number of carbonyl (C=O) groups excluding carboxylic acids is 1. The van der Waals surface area contributed by atoms with Crippen LogP contribution in [0.1, 0.15) is 15.9 Å². The summed E-state index contributed by atoms with van der Waals surface area (Å²) in [5.74, 6) is -0.974. The van der Waals surface area contributed by atoms with Crippen LogP contribution < -0.4 is 16.6 Å². The molecular formula is C17H13ClFN5O3. The van der Waals surface area contributed by atoms with E-state index in [0.29, 0.717) is 5.56 Å². The predicted molar refractivity (Wildman–Crippen MR) is 95.7 cm³/mol. The van der Waals surface area contributed by atoms with Gasteiger partial charge in [-0.15, -0.1) is 0 Å². The van der Waals surface area contributed by atoms with Gasteiger partial charge < -0.3 is 5.32 Å². The lowest BCUT2D eigenvalue weighted by Crippen LogP contribution is -2.34. The molecule has 0 aliphatic carbocycles. The molecular weight excluding hydrogens is 377 g/mol. The second-order valence-electron chi connectivity index (χ2n) is 5.47. The Hall–Kier alpha value is -3.33. The minimum absolute atomic E-state index is 0.0262. The van der Waals surface area contributed by atoms with Crippen molar-refractivity contribution in [2.45, 2.75) is 6.42 Å². The van der Waals surface area contributed by atoms with Crippen molar-refractivity contribution >= 4 is 17.5 Å². The molecule has 3 aromatic rings. The number of aromatic nitrogens is 4. The summed E-state index contributed by atoms with van der Waals surface area (Å²) in [6, 6.07) is 7.47. The molecule has 1 amide bonds. The Labute approximate surface area is 156 Å². The number of hydrogen-bond acceptors (Lipinski definition) is 5. The summed E-state index contributed by atoms with van der Waals surface area (Å²) in [7, 11) is 0. The van der Waals surface area contributed by atoms with E-state index in [9.17, 15) is 18.8 Å². The minimum Gasteiger partial charge on any atom is -0.352 e. The van der Waals surface area contributed by atoms with E-state index >= 15 is 0 Å². The van der Waals surface area contributed by atoms with Crippen LogP contribution in [0.5, 0.6) is 0 Å². The Morgan fingerprint density at radius 1 is 1.26 bits per heavy atom. The Morgan fingerprint density at radius 2 is 2.04 bits per heavy atom. The van der Waals surface area contributed by atoms with Crippen LogP contribution in [0, 0.1) is 5.82 Å². The van der Waals surface area contributed by atoms with Gasteiger partial charge in [0.15, 0.2) is 0 Å². The lowest BCUT2D eigenvalue weighted by atomic mass is 10.1. The van der Waals surface area contributed by atoms with Gasteiger partial charge in [0.05, 0.1) is 10.6 Å². The van der Waals surface area contributed by atoms with Crippen LogP contribution in [-0.2, 0) is 6.42 Å². The predicted octanol–water partition coefficient (Wildman–Crippen LogP) is 1.08. The van der Waals surface area contributed by atoms with Crippen molar-refractivity contribution in [1.29, 1.82) is 0 Å². The Balaban J connectivity index is 1.80. The fraction of sp³-hybridized carbons (Fsp3) is 0.118. The number of rotatable bonds is 5. The van der Waals surface area contributed by atoms with Crippen LogP contribution in [0.4, 0.5) is 4.39 Å². The molecule has 0 bridgehead atoms. The summed E-state index contributed by atoms with van der Waals surface area (Å²) < 4.78 is 14.3. The van der Waals surface area contributed by atoms with Crippen LogP contribution in [0.3, 0.4) is 0 Å². The molecule has 0 spiro atoms. The van der Waals surface area contributed by atoms with Gasteiger partial charge in [-0.3, -0.25) is 9.59 Å². The molecule has 0 saturated heterocycles. The smallest absolute Gasteiger partial charge is 0.350 e. The Bertz CT molecular complexity index is 1080. The van der Waals surface area contributed by atoms with Crippen molar-refractivity contribution in [3.8, 4) is 5.82 Å². The number of benzene rings is 1. The SMILES string of the molecule is O=C(NCCc1ccccc1F)c1cc(-n2c(=O)cn[nH]c2=O)ncc1Cl. The van der Waals surface area contributed by atoms with E-state index in [4.69, 9.17) is 11.6 Å². The summed E-state index contributed by atoms with van der Waals surface area (Å²) in [6.45, 7) is 0.170. The van der Waals surface area contributed by atoms with E-state index in [-0.39, 0.29) is 35.2 Å². The third kappa shape index (κ3) is 4.09. The zero-order valence-corrected chi connectivity index (χ0v) is 14.5. The molecule has 10 heteroatoms. The van der Waals surface area contributed by atoms with Crippen molar-refractivity contribution in [3.63, 3.8) is 0 Å². The van der Waals surface area contributed by atoms with Crippen LogP contribution in [-0.4, -0.2) is 32.2 Å². The van der Waals surface area contributed by atoms with Gasteiger partial charge in [0, 0.05) is 12.7 Å². The first-order valence-electron chi connectivity index (χ1n) is 7.81. The van der Waals surface area contributed by atoms with Gasteiger partial charge in [0.25, 0.3) is 11.5 Å². The summed E-state index contributed by atoms with van der Waals surface area (Å²) >= 11 is 6.01. The van der Waals surface area contributed by atoms with E-state index in [2.05, 4.69) is 20.5 Å². The highest BCUT2D eigenvalue weighted by Crippen LogP contribution is 2.16. The molecule has 3 rings (SSSR count). The molecule has 1 aromatic carbocycles. The first-order valence-corrected chi connectivity index (χ1v) is 8.19. The number of H-pyrrole nitrogens is 1. The van der Waals surface area contributed by atoms with E-state index in [1.807, 2.05) is 0 Å². The molecule has 0 radical (unpaired) electrons. The van der Waals surface area contributed by atoms with Crippen LogP contribution >= 0.6 is 11.6 Å². The minimum atomic E-state index is -0.803. The standard InChI is InChI=1S/C17H13ClFN5O3/c18-12-8-21-14(24-15(25)9-22-23-17(24)27)7-11(12)16(26)20-6-5-10-3-1-2-4-13(10)19/h1-4,7-9H,5-6H2,(H,20,26)(H,23,27). The number of halogens is 2. The maximum atomic E-state index is 13.6. The lowest BCUT2D eigenvalue weighted by Gasteiger charge is -2.09. The molecule has 27 heavy (non-hydrogen) atoms. The first kappa shape index (κ1) is 18.5. The number of nitrogens with zero attached hydrogens (tertiary/aromatic N) is 3. The highest BCUT2D eigenvalue weighted by molar-refractivity contribution is 6.33. The third-order valence-electron chi connectivity index (χ3n) is 3.71. The van der Waals surface area contributed by atoms with Gasteiger partial charge in [-0.2, -0.15) is 5.10 Å². The average Bonchev–Trinajstić information content (AvgIpc) is 2.64. The summed E-state index contributed by atoms with van der Waals surface area (Å²) in [6.07, 6.45) is 2.36. The van der Waals surface area contributed by atoms with Gasteiger partial charge in [-0.05, 0) is 24.1 Å². The van der Waals surface area contributed by atoms with E-state index < -0.39 is 17.2 Å². The fourth-order valence-corrected chi connectivity index (χ4v) is 2.59. The molecule has 8 nitrogen and oxygen atoms in total. The number of amides is 1. The molecule has 2 heterocycles. The average molecular weight is 390 g/mol. The first-order chi connectivity index (χ1) is 13.0. The van der Waals surface area contributed by atoms with Gasteiger partial charge in [-0.1, -0.05) is 29.8 Å². The summed E-state index contributed by atoms with van der Waals surface area (Å²) in [5, 5.41) is 8.16. The van der Waals surface area contributed by atoms with E-state index in [1.54, 1.807) is 18.2 Å². The second-order valence-corrected chi connectivity index (χ2v) is 5.88. The maximum absolute atomic E-state index is 13.6. The topological polar surface area (TPSA) is 110 Å². The molecule has 2 aromatic heterocycles. The van der Waals surface area contributed by atoms with Gasteiger partial charge in [0.1, 0.15) is 17.8 Å². The molecule has 138 valence electrons. The van der Waals surface area contributed by atoms with Crippen molar-refractivity contribution in [2.75, 3.05) is 6.54 Å². The largest absolute Gasteiger partial charge is 0.352 e. The van der Waals surface area contributed by atoms with Crippen LogP contribution in [0.2, 0.25) is 5.02 Å². The number of carbonyl (C=O) groups is 1. The zero-order valence-electron chi connectivity index (χ0n) is 13.8. The zero-order chi connectivity index (χ0) is 19.4. The van der Waals surface area contributed by atoms with Gasteiger partial charge in [0.2, 0.25) is 0 Å². The molecule has 0 aliphatic heterocycles. The molecule has 0 aliphatic rings. The molecule has 0 unspecified atom stereocenters. The lowest BCUT2D eigenvalue weighted by molar-refractivity contribution is 0.0954. The molecule has 2 N–H and O–H groups in total. The number of nitrogens with one attached hydrogen (secondary N) is 2. The van der Waals surface area contributed by atoms with Crippen LogP contribution in [0.25, 0.3) is 5.82 Å². The van der Waals surface area contributed by atoms with E-state index in [0.717, 1.165) is 17.0 Å². The quantitative estimate of drug-likeness (QED) is 0.678. The van der Waals surface area contributed by atoms with Crippen molar-refractivity contribution in [3.05, 3.63) is 85.5 Å². The Morgan fingerprint density at radius 3 is 2.78 bits per heavy atom. The number of pyridine rings is 1. The van der Waals surface area contributed by atoms with Gasteiger partial charge >= 0.3 is 5.69 Å². The van der Waals surface area contributed by atoms with Gasteiger partial charge in [-0.25, -0.2) is 23.8 Å². The maximum Gasteiger partial charge on any atom is 0.350 e. The van der Waals surface area contributed by atoms with Crippen LogP contribution in [0.15, 0.2) is 52.3 Å². The fourth-order valence-electron chi connectivity index (χ4n) is 2.40. The highest BCUT2D eigenvalue weighted by atomic mass is 35.5. The normalized spacial score (nSPS) is 10.6. The number of aromatic amines is 1. The third-order valence-corrected chi connectivity index (χ3v) is 4.01. The monoisotopic (exact) mass is 389 g/mol. The Kier molecular flexibility index (Phi) is 5.41. The molecule has 0 fully saturated rings.